The standard InChI is InChI=1S/C12H15ClN2O/c1-12(4-5-12)7-15-11(16)9-3-2-8(14)6-10(9)13/h2-3,6H,4-5,7,14H2,1H3,(H,15,16). The van der Waals surface area contributed by atoms with Crippen molar-refractivity contribution in [1.29, 1.82) is 0 Å². The fraction of sp³-hybridized carbons (Fsp3) is 0.417. The van der Waals surface area contributed by atoms with Crippen molar-refractivity contribution < 1.29 is 4.79 Å². The van der Waals surface area contributed by atoms with Gasteiger partial charge in [0.1, 0.15) is 0 Å². The Morgan fingerprint density at radius 3 is 2.81 bits per heavy atom. The van der Waals surface area contributed by atoms with Crippen molar-refractivity contribution in [3.63, 3.8) is 0 Å². The first-order chi connectivity index (χ1) is 7.50. The van der Waals surface area contributed by atoms with Gasteiger partial charge in [0.25, 0.3) is 5.91 Å². The van der Waals surface area contributed by atoms with E-state index in [9.17, 15) is 4.79 Å². The molecule has 3 nitrogen and oxygen atoms in total. The molecule has 1 saturated carbocycles. The highest BCUT2D eigenvalue weighted by atomic mass is 35.5. The van der Waals surface area contributed by atoms with Crippen LogP contribution in [0.15, 0.2) is 18.2 Å². The number of nitrogens with two attached hydrogens (primary N) is 1. The summed E-state index contributed by atoms with van der Waals surface area (Å²) in [5.74, 6) is -0.127. The molecule has 0 saturated heterocycles. The maximum Gasteiger partial charge on any atom is 0.252 e. The number of anilines is 1. The van der Waals surface area contributed by atoms with Crippen molar-refractivity contribution >= 4 is 23.2 Å². The van der Waals surface area contributed by atoms with Crippen LogP contribution < -0.4 is 11.1 Å². The van der Waals surface area contributed by atoms with Crippen molar-refractivity contribution in [2.75, 3.05) is 12.3 Å². The molecule has 0 aromatic heterocycles. The Morgan fingerprint density at radius 1 is 1.56 bits per heavy atom. The van der Waals surface area contributed by atoms with Crippen LogP contribution in [0.1, 0.15) is 30.1 Å². The van der Waals surface area contributed by atoms with Crippen LogP contribution in [0.5, 0.6) is 0 Å². The van der Waals surface area contributed by atoms with E-state index in [2.05, 4.69) is 12.2 Å². The molecule has 1 aromatic carbocycles. The van der Waals surface area contributed by atoms with E-state index in [1.54, 1.807) is 18.2 Å². The van der Waals surface area contributed by atoms with Gasteiger partial charge >= 0.3 is 0 Å². The zero-order chi connectivity index (χ0) is 11.8. The van der Waals surface area contributed by atoms with E-state index in [0.29, 0.717) is 28.2 Å². The minimum absolute atomic E-state index is 0.127. The molecule has 0 bridgehead atoms. The van der Waals surface area contributed by atoms with E-state index in [1.165, 1.54) is 12.8 Å². The summed E-state index contributed by atoms with van der Waals surface area (Å²) in [4.78, 5) is 11.8. The molecule has 0 aliphatic heterocycles. The smallest absolute Gasteiger partial charge is 0.252 e. The molecule has 1 aliphatic carbocycles. The lowest BCUT2D eigenvalue weighted by Gasteiger charge is -2.11. The van der Waals surface area contributed by atoms with Gasteiger partial charge in [-0.3, -0.25) is 4.79 Å². The van der Waals surface area contributed by atoms with Crippen LogP contribution >= 0.6 is 11.6 Å². The number of nitrogen functional groups attached to an aromatic ring is 1. The molecule has 4 heteroatoms. The Balaban J connectivity index is 2.02. The third kappa shape index (κ3) is 2.47. The summed E-state index contributed by atoms with van der Waals surface area (Å²) in [5, 5.41) is 3.30. The third-order valence-corrected chi connectivity index (χ3v) is 3.33. The van der Waals surface area contributed by atoms with Crippen LogP contribution in [0.3, 0.4) is 0 Å². The molecular formula is C12H15ClN2O. The summed E-state index contributed by atoms with van der Waals surface area (Å²) in [6.45, 7) is 2.88. The van der Waals surface area contributed by atoms with Gasteiger partial charge in [-0.15, -0.1) is 0 Å². The molecule has 16 heavy (non-hydrogen) atoms. The first-order valence-corrected chi connectivity index (χ1v) is 5.71. The molecule has 0 atom stereocenters. The van der Waals surface area contributed by atoms with E-state index in [1.807, 2.05) is 0 Å². The maximum absolute atomic E-state index is 11.8. The molecule has 1 fully saturated rings. The topological polar surface area (TPSA) is 55.1 Å². The molecule has 2 rings (SSSR count). The summed E-state index contributed by atoms with van der Waals surface area (Å²) in [6, 6.07) is 4.93. The number of nitrogens with one attached hydrogen (secondary N) is 1. The number of hydrogen-bond donors (Lipinski definition) is 2. The van der Waals surface area contributed by atoms with Gasteiger partial charge in [0.05, 0.1) is 10.6 Å². The Labute approximate surface area is 100.0 Å². The fourth-order valence-electron chi connectivity index (χ4n) is 1.49. The van der Waals surface area contributed by atoms with Gasteiger partial charge in [0, 0.05) is 12.2 Å². The summed E-state index contributed by atoms with van der Waals surface area (Å²) < 4.78 is 0. The van der Waals surface area contributed by atoms with Gasteiger partial charge in [0.15, 0.2) is 0 Å². The first kappa shape index (κ1) is 11.3. The molecule has 1 aliphatic rings. The number of halogens is 1. The maximum atomic E-state index is 11.8. The van der Waals surface area contributed by atoms with E-state index in [4.69, 9.17) is 17.3 Å². The van der Waals surface area contributed by atoms with E-state index in [0.717, 1.165) is 0 Å². The Morgan fingerprint density at radius 2 is 2.25 bits per heavy atom. The minimum Gasteiger partial charge on any atom is -0.399 e. The molecule has 86 valence electrons. The molecule has 0 heterocycles. The monoisotopic (exact) mass is 238 g/mol. The van der Waals surface area contributed by atoms with Crippen LogP contribution in [0.25, 0.3) is 0 Å². The number of rotatable bonds is 3. The zero-order valence-electron chi connectivity index (χ0n) is 9.22. The Hall–Kier alpha value is -1.22. The normalized spacial score (nSPS) is 16.9. The lowest BCUT2D eigenvalue weighted by atomic mass is 10.1. The summed E-state index contributed by atoms with van der Waals surface area (Å²) in [7, 11) is 0. The van der Waals surface area contributed by atoms with Crippen LogP contribution in [-0.4, -0.2) is 12.5 Å². The second-order valence-electron chi connectivity index (χ2n) is 4.73. The van der Waals surface area contributed by atoms with Gasteiger partial charge in [-0.2, -0.15) is 0 Å². The van der Waals surface area contributed by atoms with Crippen molar-refractivity contribution in [2.24, 2.45) is 5.41 Å². The van der Waals surface area contributed by atoms with Crippen molar-refractivity contribution in [3.8, 4) is 0 Å². The van der Waals surface area contributed by atoms with E-state index < -0.39 is 0 Å². The summed E-state index contributed by atoms with van der Waals surface area (Å²) in [6.07, 6.45) is 2.37. The van der Waals surface area contributed by atoms with Crippen LogP contribution in [0.2, 0.25) is 5.02 Å². The molecule has 1 amide bonds. The lowest BCUT2D eigenvalue weighted by Crippen LogP contribution is -2.29. The average Bonchev–Trinajstić information content (AvgIpc) is 2.94. The highest BCUT2D eigenvalue weighted by molar-refractivity contribution is 6.34. The molecule has 1 aromatic rings. The van der Waals surface area contributed by atoms with Crippen molar-refractivity contribution in [2.45, 2.75) is 19.8 Å². The molecule has 0 unspecified atom stereocenters. The van der Waals surface area contributed by atoms with Crippen molar-refractivity contribution in [1.82, 2.24) is 5.32 Å². The van der Waals surface area contributed by atoms with Gasteiger partial charge in [-0.05, 0) is 36.5 Å². The first-order valence-electron chi connectivity index (χ1n) is 5.33. The quantitative estimate of drug-likeness (QED) is 0.795. The minimum atomic E-state index is -0.127. The van der Waals surface area contributed by atoms with Gasteiger partial charge < -0.3 is 11.1 Å². The van der Waals surface area contributed by atoms with Gasteiger partial charge in [-0.1, -0.05) is 18.5 Å². The second-order valence-corrected chi connectivity index (χ2v) is 5.14. The molecule has 0 radical (unpaired) electrons. The average molecular weight is 239 g/mol. The zero-order valence-corrected chi connectivity index (χ0v) is 9.97. The Kier molecular flexibility index (Phi) is 2.80. The number of carbonyl (C=O) groups excluding carboxylic acids is 1. The van der Waals surface area contributed by atoms with Crippen LogP contribution in [0, 0.1) is 5.41 Å². The number of amides is 1. The van der Waals surface area contributed by atoms with Crippen molar-refractivity contribution in [3.05, 3.63) is 28.8 Å². The van der Waals surface area contributed by atoms with Crippen LogP contribution in [-0.2, 0) is 0 Å². The summed E-state index contributed by atoms with van der Waals surface area (Å²) >= 11 is 5.95. The number of benzene rings is 1. The van der Waals surface area contributed by atoms with E-state index in [-0.39, 0.29) is 5.91 Å². The van der Waals surface area contributed by atoms with Gasteiger partial charge in [0.2, 0.25) is 0 Å². The largest absolute Gasteiger partial charge is 0.399 e. The highest BCUT2D eigenvalue weighted by Gasteiger charge is 2.37. The molecular weight excluding hydrogens is 224 g/mol. The van der Waals surface area contributed by atoms with Gasteiger partial charge in [-0.25, -0.2) is 0 Å². The Bertz CT molecular complexity index is 427. The molecule has 3 N–H and O–H groups in total. The highest BCUT2D eigenvalue weighted by Crippen LogP contribution is 2.44. The SMILES string of the molecule is CC1(CNC(=O)c2ccc(N)cc2Cl)CC1. The van der Waals surface area contributed by atoms with E-state index >= 15 is 0 Å². The summed E-state index contributed by atoms with van der Waals surface area (Å²) in [5.41, 5.74) is 6.92. The van der Waals surface area contributed by atoms with Crippen LogP contribution in [0.4, 0.5) is 5.69 Å². The molecule has 0 spiro atoms. The predicted octanol–water partition coefficient (Wildman–Crippen LogP) is 2.45. The lowest BCUT2D eigenvalue weighted by molar-refractivity contribution is 0.0946. The number of hydrogen-bond acceptors (Lipinski definition) is 2. The fourth-order valence-corrected chi connectivity index (χ4v) is 1.77. The number of carbonyl (C=O) groups is 1. The predicted molar refractivity (Wildman–Crippen MR) is 65.5 cm³/mol. The second kappa shape index (κ2) is 3.98. The third-order valence-electron chi connectivity index (χ3n) is 3.02.